The number of nitrogen functional groups attached to an aromatic ring is 1. The average Bonchev–Trinajstić information content (AvgIpc) is 1.73. The van der Waals surface area contributed by atoms with E-state index in [1.807, 2.05) is 13.8 Å². The van der Waals surface area contributed by atoms with Crippen LogP contribution in [-0.4, -0.2) is 191 Å². The number of ether oxygens (including phenoxy) is 4. The SMILES string of the molecule is CC1C(COP(=O)(O)OP(=O)(O)OCC2OC([n+]3cccc(C(N)=O)c3)C(O)C2O)OC(n2cnc3c(N)ncnc32)C1C.CNc1nc(C)nc2c1ccn2C1OC(COP(=O)(O)OP(=O)(O)OCC2OC([n+]3cccc(C(N)=O)c3)C(O)C2O)C(O)C1O. The van der Waals surface area contributed by atoms with Crippen LogP contribution in [0.25, 0.3) is 22.2 Å². The number of nitrogens with zero attached hydrogens (tertiary/aromatic N) is 9. The molecule has 90 heavy (non-hydrogen) atoms. The second kappa shape index (κ2) is 27.4. The third-order valence-corrected chi connectivity index (χ3v) is 20.1. The number of primary amides is 2. The maximum atomic E-state index is 12.6. The number of rotatable bonds is 23. The molecule has 20 unspecified atom stereocenters. The van der Waals surface area contributed by atoms with Crippen molar-refractivity contribution in [1.82, 2.24) is 34.1 Å². The molecule has 17 N–H and O–H groups in total. The number of carbonyl (C=O) groups is 2. The van der Waals surface area contributed by atoms with E-state index in [4.69, 9.17) is 54.2 Å². The number of fused-ring (bicyclic) bond motifs is 2. The van der Waals surface area contributed by atoms with E-state index in [-0.39, 0.29) is 28.8 Å². The minimum Gasteiger partial charge on any atom is -0.387 e. The molecule has 43 heteroatoms. The molecular weight excluding hydrogens is 1290 g/mol. The fraction of sp³-hybridized carbons (Fsp3) is 0.511. The van der Waals surface area contributed by atoms with Gasteiger partial charge in [-0.05, 0) is 31.0 Å². The number of imidazole rings is 1. The van der Waals surface area contributed by atoms with Gasteiger partial charge in [0, 0.05) is 31.3 Å². The van der Waals surface area contributed by atoms with E-state index in [9.17, 15) is 78.1 Å². The van der Waals surface area contributed by atoms with Crippen LogP contribution in [0.1, 0.15) is 65.3 Å². The molecule has 492 valence electrons. The van der Waals surface area contributed by atoms with Gasteiger partial charge < -0.3 is 96.2 Å². The highest BCUT2D eigenvalue weighted by molar-refractivity contribution is 7.61. The van der Waals surface area contributed by atoms with Crippen LogP contribution in [0.5, 0.6) is 0 Å². The van der Waals surface area contributed by atoms with Gasteiger partial charge in [-0.25, -0.2) is 43.2 Å². The summed E-state index contributed by atoms with van der Waals surface area (Å²) < 4.78 is 106. The summed E-state index contributed by atoms with van der Waals surface area (Å²) in [4.78, 5) is 84.3. The number of phosphoric acid groups is 4. The number of nitrogens with two attached hydrogens (primary N) is 3. The lowest BCUT2D eigenvalue weighted by atomic mass is 9.93. The molecule has 2 amide bonds. The molecule has 0 aliphatic carbocycles. The van der Waals surface area contributed by atoms with Crippen LogP contribution >= 0.6 is 31.3 Å². The number of anilines is 2. The van der Waals surface area contributed by atoms with Crippen LogP contribution in [-0.2, 0) is 63.9 Å². The van der Waals surface area contributed by atoms with E-state index < -0.39 is 155 Å². The summed E-state index contributed by atoms with van der Waals surface area (Å²) >= 11 is 0. The van der Waals surface area contributed by atoms with Crippen molar-refractivity contribution < 1.29 is 133 Å². The first kappa shape index (κ1) is 68.5. The van der Waals surface area contributed by atoms with Gasteiger partial charge in [-0.2, -0.15) is 17.8 Å². The molecule has 20 atom stereocenters. The number of aromatic nitrogens is 9. The molecule has 10 rings (SSSR count). The fourth-order valence-corrected chi connectivity index (χ4v) is 14.3. The zero-order valence-electron chi connectivity index (χ0n) is 47.5. The molecule has 4 aliphatic rings. The highest BCUT2D eigenvalue weighted by atomic mass is 31.3. The summed E-state index contributed by atoms with van der Waals surface area (Å²) in [6, 6.07) is 7.40. The monoisotopic (exact) mass is 1350 g/mol. The summed E-state index contributed by atoms with van der Waals surface area (Å²) in [6.45, 7) is 2.32. The van der Waals surface area contributed by atoms with Gasteiger partial charge >= 0.3 is 31.3 Å². The lowest BCUT2D eigenvalue weighted by Gasteiger charge is -2.20. The number of amides is 2. The normalized spacial score (nSPS) is 31.1. The van der Waals surface area contributed by atoms with E-state index >= 15 is 0 Å². The summed E-state index contributed by atoms with van der Waals surface area (Å²) in [6.07, 6.45) is -8.94. The number of phosphoric ester groups is 4. The number of aliphatic hydroxyl groups is 6. The van der Waals surface area contributed by atoms with E-state index in [0.29, 0.717) is 33.8 Å². The molecule has 0 aromatic carbocycles. The molecule has 0 bridgehead atoms. The zero-order chi connectivity index (χ0) is 65.5. The summed E-state index contributed by atoms with van der Waals surface area (Å²) in [5.41, 5.74) is 17.7. The third kappa shape index (κ3) is 15.3. The second-order valence-corrected chi connectivity index (χ2v) is 27.0. The molecule has 10 heterocycles. The minimum atomic E-state index is -5.36. The molecular formula is C47H65N13O26P4+2. The number of aliphatic hydroxyl groups excluding tert-OH is 6. The predicted molar refractivity (Wildman–Crippen MR) is 297 cm³/mol. The highest BCUT2D eigenvalue weighted by Crippen LogP contribution is 2.62. The number of nitrogens with one attached hydrogen (secondary N) is 1. The maximum absolute atomic E-state index is 12.6. The zero-order valence-corrected chi connectivity index (χ0v) is 51.1. The van der Waals surface area contributed by atoms with Gasteiger partial charge in [0.05, 0.1) is 44.2 Å². The van der Waals surface area contributed by atoms with E-state index in [1.165, 1.54) is 75.4 Å². The average molecular weight is 1350 g/mol. The van der Waals surface area contributed by atoms with Gasteiger partial charge in [0.15, 0.2) is 54.7 Å². The van der Waals surface area contributed by atoms with Gasteiger partial charge in [-0.1, -0.05) is 13.8 Å². The number of aryl methyl sites for hydroxylation is 1. The molecule has 6 aromatic rings. The first-order chi connectivity index (χ1) is 42.3. The Morgan fingerprint density at radius 2 is 1.08 bits per heavy atom. The van der Waals surface area contributed by atoms with Crippen molar-refractivity contribution in [2.45, 2.75) is 107 Å². The lowest BCUT2D eigenvalue weighted by molar-refractivity contribution is -0.766. The van der Waals surface area contributed by atoms with Crippen molar-refractivity contribution in [3.8, 4) is 0 Å². The lowest BCUT2D eigenvalue weighted by Crippen LogP contribution is -2.46. The number of pyridine rings is 2. The van der Waals surface area contributed by atoms with Gasteiger partial charge in [0.1, 0.15) is 89.2 Å². The quantitative estimate of drug-likeness (QED) is 0.0241. The Kier molecular flexibility index (Phi) is 20.8. The Bertz CT molecular complexity index is 3800. The maximum Gasteiger partial charge on any atom is 0.481 e. The predicted octanol–water partition coefficient (Wildman–Crippen LogP) is -2.11. The molecule has 0 saturated carbocycles. The Labute approximate surface area is 507 Å². The smallest absolute Gasteiger partial charge is 0.387 e. The van der Waals surface area contributed by atoms with Gasteiger partial charge in [-0.3, -0.25) is 32.3 Å². The van der Waals surface area contributed by atoms with E-state index in [0.717, 1.165) is 0 Å². The van der Waals surface area contributed by atoms with Crippen LogP contribution in [0.3, 0.4) is 0 Å². The van der Waals surface area contributed by atoms with Crippen molar-refractivity contribution in [1.29, 1.82) is 0 Å². The standard InChI is InChI=1S/C24H32N6O14P2.C23H31N7O12P2/c1-11-27-21(26-2)13-5-7-30(22(13)28-11)24-19(34)17(32)15(43-24)10-41-46(38,39)44-45(36,37)40-9-14-16(31)18(33)23(42-14)29-6-3-4-12(8-29)20(25)35;1-11-12(2)22(30-10-28-16-19(24)26-9-27-21(16)30)40-14(11)7-38-43(34,35)42-44(36,37)39-8-15-17(31)18(32)23(41-15)29-5-3-4-13(6-29)20(25)33/h3-8,14-19,23-24,31-34H,9-10H2,1-2H3,(H4-,25,26,27,28,35,36,37,38,39);3-6,9-12,14-15,17-18,22-23,31-32H,7-8H2,1-2H3,(H5-,24,25,26,27,33,34,35,36,37)/p+2. The van der Waals surface area contributed by atoms with Crippen molar-refractivity contribution in [3.63, 3.8) is 0 Å². The Morgan fingerprint density at radius 1 is 0.611 bits per heavy atom. The topological polar surface area (TPSA) is 569 Å². The fourth-order valence-electron chi connectivity index (χ4n) is 10.1. The molecule has 0 spiro atoms. The number of hydrogen-bond acceptors (Lipinski definition) is 29. The Balaban J connectivity index is 0.000000214. The van der Waals surface area contributed by atoms with Crippen LogP contribution in [0.4, 0.5) is 11.6 Å². The molecule has 4 saturated heterocycles. The van der Waals surface area contributed by atoms with Gasteiger partial charge in [0.25, 0.3) is 24.3 Å². The first-order valence-corrected chi connectivity index (χ1v) is 32.9. The van der Waals surface area contributed by atoms with Crippen LogP contribution < -0.4 is 31.7 Å². The van der Waals surface area contributed by atoms with Crippen LogP contribution in [0, 0.1) is 18.8 Å². The van der Waals surface area contributed by atoms with Gasteiger partial charge in [0.2, 0.25) is 0 Å². The molecule has 6 aromatic heterocycles. The van der Waals surface area contributed by atoms with E-state index in [2.05, 4.69) is 38.9 Å². The summed E-state index contributed by atoms with van der Waals surface area (Å²) in [7, 11) is -19.5. The third-order valence-electron chi connectivity index (χ3n) is 14.9. The largest absolute Gasteiger partial charge is 0.481 e. The Morgan fingerprint density at radius 3 is 1.57 bits per heavy atom. The summed E-state index contributed by atoms with van der Waals surface area (Å²) in [5.74, 6) is -0.728. The van der Waals surface area contributed by atoms with Crippen molar-refractivity contribution >= 4 is 76.9 Å². The molecule has 39 nitrogen and oxygen atoms in total. The molecule has 4 fully saturated rings. The van der Waals surface area contributed by atoms with E-state index in [1.54, 1.807) is 30.8 Å². The summed E-state index contributed by atoms with van der Waals surface area (Å²) in [5, 5.41) is 66.3. The second-order valence-electron chi connectivity index (χ2n) is 20.9. The highest BCUT2D eigenvalue weighted by Gasteiger charge is 2.52. The number of carbonyl (C=O) groups excluding carboxylic acids is 2. The Hall–Kier alpha value is -5.87. The number of hydrogen-bond donors (Lipinski definition) is 14. The van der Waals surface area contributed by atoms with Gasteiger partial charge in [-0.15, -0.1) is 0 Å². The molecule has 4 aliphatic heterocycles. The van der Waals surface area contributed by atoms with Crippen molar-refractivity contribution in [3.05, 3.63) is 90.9 Å². The minimum absolute atomic E-state index is 0.0750. The van der Waals surface area contributed by atoms with Crippen molar-refractivity contribution in [2.75, 3.05) is 44.5 Å². The van der Waals surface area contributed by atoms with Crippen LogP contribution in [0.15, 0.2) is 74.0 Å². The first-order valence-electron chi connectivity index (χ1n) is 26.9. The van der Waals surface area contributed by atoms with Crippen molar-refractivity contribution in [2.24, 2.45) is 23.3 Å². The van der Waals surface area contributed by atoms with Crippen LogP contribution in [0.2, 0.25) is 0 Å². The molecule has 0 radical (unpaired) electrons.